The van der Waals surface area contributed by atoms with Crippen LogP contribution in [0.4, 0.5) is 0 Å². The van der Waals surface area contributed by atoms with Crippen LogP contribution in [0.5, 0.6) is 0 Å². The van der Waals surface area contributed by atoms with Gasteiger partial charge >= 0.3 is 0 Å². The highest BCUT2D eigenvalue weighted by molar-refractivity contribution is 4.95. The van der Waals surface area contributed by atoms with Crippen LogP contribution in [0.1, 0.15) is 66.2 Å². The molecule has 2 aliphatic carbocycles. The van der Waals surface area contributed by atoms with Crippen molar-refractivity contribution in [3.05, 3.63) is 0 Å². The number of hydrogen-bond acceptors (Lipinski definition) is 2. The van der Waals surface area contributed by atoms with Crippen molar-refractivity contribution in [2.75, 3.05) is 19.6 Å². The number of likely N-dealkylation sites (N-methyl/N-ethyl adjacent to an activating group) is 1. The molecule has 2 unspecified atom stereocenters. The monoisotopic (exact) mass is 266 g/mol. The summed E-state index contributed by atoms with van der Waals surface area (Å²) < 4.78 is 0. The average Bonchev–Trinajstić information content (AvgIpc) is 3.18. The van der Waals surface area contributed by atoms with Crippen molar-refractivity contribution < 1.29 is 0 Å². The second-order valence-electron chi connectivity index (χ2n) is 7.57. The first-order chi connectivity index (χ1) is 9.05. The zero-order valence-corrected chi connectivity index (χ0v) is 13.5. The van der Waals surface area contributed by atoms with E-state index in [1.807, 2.05) is 0 Å². The van der Waals surface area contributed by atoms with E-state index in [2.05, 4.69) is 37.9 Å². The fraction of sp³-hybridized carbons (Fsp3) is 1.00. The lowest BCUT2D eigenvalue weighted by Crippen LogP contribution is -2.55. The fourth-order valence-electron chi connectivity index (χ4n) is 3.63. The van der Waals surface area contributed by atoms with Crippen LogP contribution in [-0.4, -0.2) is 36.6 Å². The smallest absolute Gasteiger partial charge is 0.0254 e. The van der Waals surface area contributed by atoms with Crippen LogP contribution in [0.25, 0.3) is 0 Å². The van der Waals surface area contributed by atoms with Crippen molar-refractivity contribution in [1.82, 2.24) is 10.2 Å². The van der Waals surface area contributed by atoms with E-state index in [9.17, 15) is 0 Å². The van der Waals surface area contributed by atoms with E-state index >= 15 is 0 Å². The highest BCUT2D eigenvalue weighted by atomic mass is 15.2. The molecule has 0 radical (unpaired) electrons. The van der Waals surface area contributed by atoms with E-state index in [1.54, 1.807) is 0 Å². The van der Waals surface area contributed by atoms with Crippen LogP contribution in [0.15, 0.2) is 0 Å². The van der Waals surface area contributed by atoms with Gasteiger partial charge in [0, 0.05) is 18.6 Å². The van der Waals surface area contributed by atoms with Gasteiger partial charge in [0.15, 0.2) is 0 Å². The van der Waals surface area contributed by atoms with Crippen LogP contribution in [0.3, 0.4) is 0 Å². The minimum Gasteiger partial charge on any atom is -0.312 e. The third-order valence-corrected chi connectivity index (χ3v) is 5.08. The van der Waals surface area contributed by atoms with Crippen molar-refractivity contribution in [3.8, 4) is 0 Å². The molecule has 0 aromatic rings. The summed E-state index contributed by atoms with van der Waals surface area (Å²) in [7, 11) is 0. The van der Waals surface area contributed by atoms with E-state index in [-0.39, 0.29) is 0 Å². The molecule has 2 heteroatoms. The second-order valence-corrected chi connectivity index (χ2v) is 7.57. The van der Waals surface area contributed by atoms with Gasteiger partial charge in [0.2, 0.25) is 0 Å². The quantitative estimate of drug-likeness (QED) is 0.756. The molecule has 0 aromatic carbocycles. The summed E-state index contributed by atoms with van der Waals surface area (Å²) in [5, 5.41) is 3.83. The Hall–Kier alpha value is -0.0800. The lowest BCUT2D eigenvalue weighted by atomic mass is 9.72. The van der Waals surface area contributed by atoms with Crippen molar-refractivity contribution in [3.63, 3.8) is 0 Å². The normalized spacial score (nSPS) is 30.8. The Kier molecular flexibility index (Phi) is 5.30. The molecule has 2 nitrogen and oxygen atoms in total. The van der Waals surface area contributed by atoms with Gasteiger partial charge in [0.1, 0.15) is 0 Å². The Balaban J connectivity index is 1.99. The SMILES string of the molecule is CCCNC1CCC(C)(C)CC1N(CC)CC1CC1. The molecular weight excluding hydrogens is 232 g/mol. The maximum Gasteiger partial charge on any atom is 0.0254 e. The number of rotatable bonds is 7. The first kappa shape index (κ1) is 15.3. The third-order valence-electron chi connectivity index (χ3n) is 5.08. The molecule has 0 saturated heterocycles. The first-order valence-corrected chi connectivity index (χ1v) is 8.53. The zero-order valence-electron chi connectivity index (χ0n) is 13.5. The summed E-state index contributed by atoms with van der Waals surface area (Å²) >= 11 is 0. The molecule has 1 N–H and O–H groups in total. The Labute approximate surface area is 120 Å². The molecule has 2 fully saturated rings. The maximum absolute atomic E-state index is 3.83. The molecule has 0 amide bonds. The molecular formula is C17H34N2. The minimum atomic E-state index is 0.534. The minimum absolute atomic E-state index is 0.534. The molecule has 19 heavy (non-hydrogen) atoms. The highest BCUT2D eigenvalue weighted by Gasteiger charge is 2.38. The topological polar surface area (TPSA) is 15.3 Å². The molecule has 2 rings (SSSR count). The molecule has 0 aromatic heterocycles. The van der Waals surface area contributed by atoms with Crippen LogP contribution in [0, 0.1) is 11.3 Å². The Morgan fingerprint density at radius 2 is 1.89 bits per heavy atom. The van der Waals surface area contributed by atoms with Crippen molar-refractivity contribution in [1.29, 1.82) is 0 Å². The van der Waals surface area contributed by atoms with Gasteiger partial charge in [0.25, 0.3) is 0 Å². The van der Waals surface area contributed by atoms with Gasteiger partial charge in [-0.1, -0.05) is 27.7 Å². The van der Waals surface area contributed by atoms with Crippen molar-refractivity contribution >= 4 is 0 Å². The molecule has 2 aliphatic rings. The van der Waals surface area contributed by atoms with Crippen LogP contribution < -0.4 is 5.32 Å². The Morgan fingerprint density at radius 3 is 2.47 bits per heavy atom. The number of nitrogens with one attached hydrogen (secondary N) is 1. The van der Waals surface area contributed by atoms with Gasteiger partial charge in [-0.15, -0.1) is 0 Å². The summed E-state index contributed by atoms with van der Waals surface area (Å²) in [6, 6.07) is 1.49. The second kappa shape index (κ2) is 6.58. The van der Waals surface area contributed by atoms with Gasteiger partial charge in [-0.2, -0.15) is 0 Å². The van der Waals surface area contributed by atoms with Gasteiger partial charge in [-0.05, 0) is 62.9 Å². The molecule has 2 atom stereocenters. The summed E-state index contributed by atoms with van der Waals surface area (Å²) in [6.45, 7) is 13.3. The van der Waals surface area contributed by atoms with Gasteiger partial charge in [-0.3, -0.25) is 4.90 Å². The number of hydrogen-bond donors (Lipinski definition) is 1. The molecule has 0 bridgehead atoms. The molecule has 0 heterocycles. The predicted octanol–water partition coefficient (Wildman–Crippen LogP) is 3.67. The van der Waals surface area contributed by atoms with Crippen LogP contribution in [-0.2, 0) is 0 Å². The average molecular weight is 266 g/mol. The van der Waals surface area contributed by atoms with E-state index in [1.165, 1.54) is 58.2 Å². The predicted molar refractivity (Wildman–Crippen MR) is 83.5 cm³/mol. The fourth-order valence-corrected chi connectivity index (χ4v) is 3.63. The maximum atomic E-state index is 3.83. The largest absolute Gasteiger partial charge is 0.312 e. The third kappa shape index (κ3) is 4.46. The van der Waals surface area contributed by atoms with E-state index in [0.29, 0.717) is 5.41 Å². The van der Waals surface area contributed by atoms with E-state index < -0.39 is 0 Å². The van der Waals surface area contributed by atoms with E-state index in [4.69, 9.17) is 0 Å². The molecule has 112 valence electrons. The van der Waals surface area contributed by atoms with Crippen LogP contribution >= 0.6 is 0 Å². The highest BCUT2D eigenvalue weighted by Crippen LogP contribution is 2.39. The first-order valence-electron chi connectivity index (χ1n) is 8.53. The van der Waals surface area contributed by atoms with Gasteiger partial charge in [0.05, 0.1) is 0 Å². The summed E-state index contributed by atoms with van der Waals surface area (Å²) in [6.07, 6.45) is 8.31. The lowest BCUT2D eigenvalue weighted by molar-refractivity contribution is 0.0650. The Bertz CT molecular complexity index is 270. The number of nitrogens with zero attached hydrogens (tertiary/aromatic N) is 1. The molecule has 2 saturated carbocycles. The van der Waals surface area contributed by atoms with Crippen molar-refractivity contribution in [2.45, 2.75) is 78.3 Å². The summed E-state index contributed by atoms with van der Waals surface area (Å²) in [4.78, 5) is 2.78. The van der Waals surface area contributed by atoms with Gasteiger partial charge in [-0.25, -0.2) is 0 Å². The van der Waals surface area contributed by atoms with E-state index in [0.717, 1.165) is 18.0 Å². The van der Waals surface area contributed by atoms with Gasteiger partial charge < -0.3 is 5.32 Å². The zero-order chi connectivity index (χ0) is 13.9. The standard InChI is InChI=1S/C17H34N2/c1-5-11-18-15-9-10-17(3,4)12-16(15)19(6-2)13-14-7-8-14/h14-16,18H,5-13H2,1-4H3. The lowest BCUT2D eigenvalue weighted by Gasteiger charge is -2.46. The Morgan fingerprint density at radius 1 is 1.16 bits per heavy atom. The van der Waals surface area contributed by atoms with Crippen LogP contribution in [0.2, 0.25) is 0 Å². The molecule has 0 aliphatic heterocycles. The summed E-state index contributed by atoms with van der Waals surface area (Å²) in [5.74, 6) is 1.01. The molecule has 0 spiro atoms. The summed E-state index contributed by atoms with van der Waals surface area (Å²) in [5.41, 5.74) is 0.534. The van der Waals surface area contributed by atoms with Crippen molar-refractivity contribution in [2.24, 2.45) is 11.3 Å².